The van der Waals surface area contributed by atoms with E-state index in [4.69, 9.17) is 9.47 Å². The highest BCUT2D eigenvalue weighted by atomic mass is 16.5. The van der Waals surface area contributed by atoms with Gasteiger partial charge in [0.15, 0.2) is 0 Å². The largest absolute Gasteiger partial charge is 0.497 e. The number of ether oxygens (including phenoxy) is 2. The van der Waals surface area contributed by atoms with Gasteiger partial charge in [0.25, 0.3) is 0 Å². The Morgan fingerprint density at radius 2 is 1.24 bits per heavy atom. The van der Waals surface area contributed by atoms with Gasteiger partial charge in [-0.2, -0.15) is 0 Å². The van der Waals surface area contributed by atoms with Gasteiger partial charge in [-0.05, 0) is 17.2 Å². The predicted octanol–water partition coefficient (Wildman–Crippen LogP) is 4.27. The zero-order valence-corrected chi connectivity index (χ0v) is 20.3. The van der Waals surface area contributed by atoms with Crippen molar-refractivity contribution in [2.75, 3.05) is 40.4 Å². The Balaban J connectivity index is 1.35. The van der Waals surface area contributed by atoms with Gasteiger partial charge in [-0.3, -0.25) is 14.7 Å². The smallest absolute Gasteiger partial charge is 0.127 e. The summed E-state index contributed by atoms with van der Waals surface area (Å²) in [7, 11) is 3.44. The summed E-state index contributed by atoms with van der Waals surface area (Å²) >= 11 is 0. The predicted molar refractivity (Wildman–Crippen MR) is 136 cm³/mol. The number of benzene rings is 3. The molecule has 2 aliphatic rings. The monoisotopic (exact) mass is 457 g/mol. The minimum Gasteiger partial charge on any atom is -0.497 e. The molecule has 178 valence electrons. The molecule has 0 radical (unpaired) electrons. The minimum atomic E-state index is 0.516. The van der Waals surface area contributed by atoms with Crippen LogP contribution in [0.25, 0.3) is 0 Å². The van der Waals surface area contributed by atoms with E-state index in [0.717, 1.165) is 57.3 Å². The molecule has 34 heavy (non-hydrogen) atoms. The van der Waals surface area contributed by atoms with E-state index < -0.39 is 0 Å². The normalized spacial score (nSPS) is 21.4. The Morgan fingerprint density at radius 1 is 0.676 bits per heavy atom. The lowest BCUT2D eigenvalue weighted by Gasteiger charge is -2.44. The molecular formula is C29H35N3O2. The summed E-state index contributed by atoms with van der Waals surface area (Å²) in [6, 6.07) is 29.0. The van der Waals surface area contributed by atoms with Crippen molar-refractivity contribution in [3.63, 3.8) is 0 Å². The van der Waals surface area contributed by atoms with E-state index in [9.17, 15) is 0 Å². The van der Waals surface area contributed by atoms with E-state index in [1.165, 1.54) is 16.7 Å². The Hall–Kier alpha value is -2.86. The molecule has 1 unspecified atom stereocenters. The van der Waals surface area contributed by atoms with Gasteiger partial charge >= 0.3 is 0 Å². The van der Waals surface area contributed by atoms with Crippen LogP contribution in [0.15, 0.2) is 78.9 Å². The third kappa shape index (κ3) is 5.12. The number of fused-ring (bicyclic) bond motifs is 1. The van der Waals surface area contributed by atoms with Gasteiger partial charge in [-0.15, -0.1) is 0 Å². The van der Waals surface area contributed by atoms with Crippen LogP contribution in [-0.4, -0.2) is 67.2 Å². The van der Waals surface area contributed by atoms with Crippen LogP contribution in [0.2, 0.25) is 0 Å². The lowest BCUT2D eigenvalue weighted by molar-refractivity contribution is 0.0355. The number of hydrogen-bond donors (Lipinski definition) is 0. The maximum absolute atomic E-state index is 5.69. The lowest BCUT2D eigenvalue weighted by atomic mass is 10.0. The van der Waals surface area contributed by atoms with Crippen molar-refractivity contribution < 1.29 is 9.47 Å². The van der Waals surface area contributed by atoms with Gasteiger partial charge < -0.3 is 9.47 Å². The van der Waals surface area contributed by atoms with Gasteiger partial charge in [0.2, 0.25) is 0 Å². The maximum Gasteiger partial charge on any atom is 0.127 e. The van der Waals surface area contributed by atoms with Crippen molar-refractivity contribution >= 4 is 0 Å². The fourth-order valence-electron chi connectivity index (χ4n) is 5.53. The van der Waals surface area contributed by atoms with Crippen molar-refractivity contribution in [1.82, 2.24) is 14.7 Å². The second kappa shape index (κ2) is 10.6. The number of likely N-dealkylation sites (tertiary alicyclic amines) is 1. The van der Waals surface area contributed by atoms with E-state index in [1.54, 1.807) is 14.2 Å². The van der Waals surface area contributed by atoms with E-state index in [-0.39, 0.29) is 0 Å². The molecule has 5 heteroatoms. The van der Waals surface area contributed by atoms with Crippen LogP contribution in [0.5, 0.6) is 11.5 Å². The summed E-state index contributed by atoms with van der Waals surface area (Å²) in [4.78, 5) is 8.00. The summed E-state index contributed by atoms with van der Waals surface area (Å²) in [5.41, 5.74) is 4.01. The van der Waals surface area contributed by atoms with Gasteiger partial charge in [-0.25, -0.2) is 0 Å². The van der Waals surface area contributed by atoms with Crippen LogP contribution >= 0.6 is 0 Å². The van der Waals surface area contributed by atoms with Gasteiger partial charge in [0, 0.05) is 69.5 Å². The van der Waals surface area contributed by atoms with E-state index in [1.807, 2.05) is 12.1 Å². The number of nitrogens with zero attached hydrogens (tertiary/aromatic N) is 3. The van der Waals surface area contributed by atoms with E-state index in [0.29, 0.717) is 12.1 Å². The average Bonchev–Trinajstić information content (AvgIpc) is 3.31. The molecule has 0 bridgehead atoms. The zero-order chi connectivity index (χ0) is 23.3. The topological polar surface area (TPSA) is 28.2 Å². The second-order valence-corrected chi connectivity index (χ2v) is 9.42. The van der Waals surface area contributed by atoms with Gasteiger partial charge in [-0.1, -0.05) is 66.7 Å². The number of rotatable bonds is 8. The van der Waals surface area contributed by atoms with Crippen molar-refractivity contribution in [3.8, 4) is 11.5 Å². The summed E-state index contributed by atoms with van der Waals surface area (Å²) < 4.78 is 11.1. The third-order valence-electron chi connectivity index (χ3n) is 7.29. The van der Waals surface area contributed by atoms with Crippen molar-refractivity contribution in [2.45, 2.75) is 31.7 Å². The van der Waals surface area contributed by atoms with E-state index in [2.05, 4.69) is 81.4 Å². The Kier molecular flexibility index (Phi) is 7.14. The highest BCUT2D eigenvalue weighted by molar-refractivity contribution is 5.40. The Labute approximate surface area is 203 Å². The molecule has 0 spiro atoms. The highest BCUT2D eigenvalue weighted by Crippen LogP contribution is 2.31. The fraction of sp³-hybridized carbons (Fsp3) is 0.379. The first-order valence-electron chi connectivity index (χ1n) is 12.2. The fourth-order valence-corrected chi connectivity index (χ4v) is 5.53. The first-order valence-corrected chi connectivity index (χ1v) is 12.2. The summed E-state index contributed by atoms with van der Waals surface area (Å²) in [5.74, 6) is 1.73. The molecule has 2 saturated heterocycles. The van der Waals surface area contributed by atoms with Crippen molar-refractivity contribution in [1.29, 1.82) is 0 Å². The van der Waals surface area contributed by atoms with Crippen LogP contribution in [0, 0.1) is 0 Å². The molecule has 5 rings (SSSR count). The lowest BCUT2D eigenvalue weighted by Crippen LogP contribution is -2.58. The Bertz CT molecular complexity index is 1000. The summed E-state index contributed by atoms with van der Waals surface area (Å²) in [6.45, 7) is 7.25. The molecule has 0 aromatic heterocycles. The summed E-state index contributed by atoms with van der Waals surface area (Å²) in [5, 5.41) is 0. The highest BCUT2D eigenvalue weighted by Gasteiger charge is 2.43. The molecule has 0 N–H and O–H groups in total. The number of piperazine rings is 1. The zero-order valence-electron chi connectivity index (χ0n) is 20.3. The van der Waals surface area contributed by atoms with Crippen LogP contribution < -0.4 is 9.47 Å². The first-order chi connectivity index (χ1) is 16.7. The van der Waals surface area contributed by atoms with Crippen LogP contribution in [-0.2, 0) is 19.6 Å². The molecule has 0 aliphatic carbocycles. The number of hydrogen-bond acceptors (Lipinski definition) is 5. The molecule has 5 nitrogen and oxygen atoms in total. The van der Waals surface area contributed by atoms with Crippen LogP contribution in [0.3, 0.4) is 0 Å². The minimum absolute atomic E-state index is 0.516. The molecular weight excluding hydrogens is 422 g/mol. The second-order valence-electron chi connectivity index (χ2n) is 9.42. The van der Waals surface area contributed by atoms with Crippen LogP contribution in [0.1, 0.15) is 16.7 Å². The van der Waals surface area contributed by atoms with Gasteiger partial charge in [0.1, 0.15) is 11.5 Å². The summed E-state index contributed by atoms with van der Waals surface area (Å²) in [6.07, 6.45) is 0. The quantitative estimate of drug-likeness (QED) is 0.504. The standard InChI is InChI=1S/C29H35N3O2/c1-33-26-14-13-25(29(17-26)34-2)20-30-21-27-28(22-30)32(19-24-11-7-4-8-12-24)16-15-31(27)18-23-9-5-3-6-10-23/h3-14,17,27-28H,15-16,18-22H2,1-2H3/t27-,28?/m0/s1. The average molecular weight is 458 g/mol. The Morgan fingerprint density at radius 3 is 1.74 bits per heavy atom. The first kappa shape index (κ1) is 22.9. The molecule has 2 heterocycles. The molecule has 0 saturated carbocycles. The molecule has 2 atom stereocenters. The van der Waals surface area contributed by atoms with E-state index >= 15 is 0 Å². The van der Waals surface area contributed by atoms with Crippen molar-refractivity contribution in [2.24, 2.45) is 0 Å². The molecule has 3 aromatic carbocycles. The molecule has 2 aliphatic heterocycles. The third-order valence-corrected chi connectivity index (χ3v) is 7.29. The number of methoxy groups -OCH3 is 2. The maximum atomic E-state index is 5.69. The van der Waals surface area contributed by atoms with Crippen LogP contribution in [0.4, 0.5) is 0 Å². The van der Waals surface area contributed by atoms with Crippen molar-refractivity contribution in [3.05, 3.63) is 95.6 Å². The molecule has 3 aromatic rings. The van der Waals surface area contributed by atoms with Gasteiger partial charge in [0.05, 0.1) is 14.2 Å². The SMILES string of the molecule is COc1ccc(CN2CC3[C@H](C2)N(Cc2ccccc2)CCN3Cc2ccccc2)c(OC)c1. The molecule has 0 amide bonds. The molecule has 2 fully saturated rings.